The number of nitrogens with zero attached hydrogens (tertiary/aromatic N) is 1. The number of halogens is 2. The molecule has 0 spiro atoms. The van der Waals surface area contributed by atoms with Gasteiger partial charge in [0.1, 0.15) is 12.6 Å². The number of carboxylic acids is 1. The van der Waals surface area contributed by atoms with Crippen molar-refractivity contribution in [1.82, 2.24) is 10.2 Å². The van der Waals surface area contributed by atoms with E-state index in [1.54, 1.807) is 0 Å². The Labute approximate surface area is 189 Å². The molecule has 174 valence electrons. The molecule has 1 aliphatic heterocycles. The van der Waals surface area contributed by atoms with E-state index in [4.69, 9.17) is 9.84 Å². The van der Waals surface area contributed by atoms with Gasteiger partial charge in [0, 0.05) is 25.4 Å². The number of alkyl halides is 2. The number of carbonyl (C=O) groups excluding carboxylic acids is 2. The van der Waals surface area contributed by atoms with Crippen molar-refractivity contribution in [3.8, 4) is 11.1 Å². The molecule has 0 aromatic heterocycles. The normalized spacial score (nSPS) is 16.0. The van der Waals surface area contributed by atoms with Crippen LogP contribution in [0, 0.1) is 5.92 Å². The van der Waals surface area contributed by atoms with Gasteiger partial charge >= 0.3 is 12.1 Å². The van der Waals surface area contributed by atoms with Crippen molar-refractivity contribution < 1.29 is 33.0 Å². The fourth-order valence-electron chi connectivity index (χ4n) is 4.38. The number of hydrogen-bond donors (Lipinski definition) is 2. The van der Waals surface area contributed by atoms with Crippen molar-refractivity contribution in [2.24, 2.45) is 5.92 Å². The summed E-state index contributed by atoms with van der Waals surface area (Å²) in [7, 11) is 0. The minimum atomic E-state index is -2.53. The molecular formula is C24H24F2N2O5. The Morgan fingerprint density at radius 2 is 1.61 bits per heavy atom. The minimum Gasteiger partial charge on any atom is -0.481 e. The molecule has 0 radical (unpaired) electrons. The molecule has 7 nitrogen and oxygen atoms in total. The number of alkyl carbamates (subject to hydrolysis) is 1. The number of nitrogens with one attached hydrogen (secondary N) is 1. The van der Waals surface area contributed by atoms with Crippen LogP contribution in [-0.2, 0) is 14.3 Å². The number of amides is 2. The highest BCUT2D eigenvalue weighted by Gasteiger charge is 2.39. The highest BCUT2D eigenvalue weighted by atomic mass is 19.3. The fourth-order valence-corrected chi connectivity index (χ4v) is 4.38. The largest absolute Gasteiger partial charge is 0.481 e. The number of carboxylic acid groups (broad SMARTS) is 1. The Hall–Kier alpha value is -3.49. The lowest BCUT2D eigenvalue weighted by Gasteiger charge is -2.40. The molecule has 0 bridgehead atoms. The lowest BCUT2D eigenvalue weighted by molar-refractivity contribution is -0.144. The summed E-state index contributed by atoms with van der Waals surface area (Å²) in [4.78, 5) is 37.3. The maximum absolute atomic E-state index is 12.7. The summed E-state index contributed by atoms with van der Waals surface area (Å²) in [6.45, 7) is -0.199. The van der Waals surface area contributed by atoms with E-state index in [9.17, 15) is 23.2 Å². The molecule has 1 atom stereocenters. The predicted octanol–water partition coefficient (Wildman–Crippen LogP) is 3.48. The van der Waals surface area contributed by atoms with E-state index in [0.717, 1.165) is 22.3 Å². The van der Waals surface area contributed by atoms with Crippen LogP contribution in [0.4, 0.5) is 13.6 Å². The Kier molecular flexibility index (Phi) is 6.57. The van der Waals surface area contributed by atoms with Crippen LogP contribution >= 0.6 is 0 Å². The standard InChI is InChI=1S/C24H24F2N2O5/c25-22(26)14-11-28(12-14)23(31)20(9-10-21(29)30)27-24(32)33-13-19-17-7-3-1-5-15(17)16-6-2-4-8-18(16)19/h1-8,14,19-20,22H,9-13H2,(H,27,32)(H,29,30). The quantitative estimate of drug-likeness (QED) is 0.632. The summed E-state index contributed by atoms with van der Waals surface area (Å²) < 4.78 is 30.9. The first-order valence-corrected chi connectivity index (χ1v) is 10.8. The number of ether oxygens (including phenoxy) is 1. The van der Waals surface area contributed by atoms with Crippen molar-refractivity contribution in [1.29, 1.82) is 0 Å². The molecule has 2 aliphatic rings. The van der Waals surface area contributed by atoms with Crippen LogP contribution in [0.15, 0.2) is 48.5 Å². The number of rotatable bonds is 8. The van der Waals surface area contributed by atoms with Gasteiger partial charge in [-0.1, -0.05) is 48.5 Å². The summed E-state index contributed by atoms with van der Waals surface area (Å²) in [5, 5.41) is 11.4. The van der Waals surface area contributed by atoms with E-state index in [1.165, 1.54) is 4.90 Å². The molecule has 1 aliphatic carbocycles. The van der Waals surface area contributed by atoms with E-state index in [0.29, 0.717) is 0 Å². The second kappa shape index (κ2) is 9.56. The summed E-state index contributed by atoms with van der Waals surface area (Å²) in [6, 6.07) is 14.5. The summed E-state index contributed by atoms with van der Waals surface area (Å²) >= 11 is 0. The van der Waals surface area contributed by atoms with Gasteiger partial charge in [0.2, 0.25) is 12.3 Å². The van der Waals surface area contributed by atoms with Crippen molar-refractivity contribution >= 4 is 18.0 Å². The number of fused-ring (bicyclic) bond motifs is 3. The van der Waals surface area contributed by atoms with Gasteiger partial charge in [-0.15, -0.1) is 0 Å². The number of aliphatic carboxylic acids is 1. The maximum Gasteiger partial charge on any atom is 0.407 e. The lowest BCUT2D eigenvalue weighted by Crippen LogP contribution is -2.58. The van der Waals surface area contributed by atoms with Gasteiger partial charge in [0.15, 0.2) is 0 Å². The van der Waals surface area contributed by atoms with Crippen LogP contribution in [0.25, 0.3) is 11.1 Å². The molecule has 2 aromatic carbocycles. The monoisotopic (exact) mass is 458 g/mol. The third-order valence-electron chi connectivity index (χ3n) is 6.16. The molecule has 2 N–H and O–H groups in total. The van der Waals surface area contributed by atoms with Crippen LogP contribution in [0.5, 0.6) is 0 Å². The van der Waals surface area contributed by atoms with E-state index < -0.39 is 36.4 Å². The molecule has 2 amide bonds. The Bertz CT molecular complexity index is 1010. The maximum atomic E-state index is 12.7. The van der Waals surface area contributed by atoms with Gasteiger partial charge in [-0.2, -0.15) is 0 Å². The average molecular weight is 458 g/mol. The highest BCUT2D eigenvalue weighted by molar-refractivity contribution is 5.87. The third-order valence-corrected chi connectivity index (χ3v) is 6.16. The SMILES string of the molecule is O=C(O)CCC(NC(=O)OCC1c2ccccc2-c2ccccc21)C(=O)N1CC(C(F)F)C1. The van der Waals surface area contributed by atoms with Gasteiger partial charge in [0.25, 0.3) is 0 Å². The molecule has 9 heteroatoms. The van der Waals surface area contributed by atoms with Crippen molar-refractivity contribution in [3.63, 3.8) is 0 Å². The second-order valence-corrected chi connectivity index (χ2v) is 8.29. The summed E-state index contributed by atoms with van der Waals surface area (Å²) in [6.07, 6.45) is -3.89. The lowest BCUT2D eigenvalue weighted by atomic mass is 9.98. The Morgan fingerprint density at radius 1 is 1.03 bits per heavy atom. The highest BCUT2D eigenvalue weighted by Crippen LogP contribution is 2.44. The second-order valence-electron chi connectivity index (χ2n) is 8.29. The van der Waals surface area contributed by atoms with Crippen LogP contribution in [0.2, 0.25) is 0 Å². The molecule has 2 aromatic rings. The zero-order valence-corrected chi connectivity index (χ0v) is 17.7. The first kappa shape index (κ1) is 22.7. The van der Waals surface area contributed by atoms with Crippen molar-refractivity contribution in [2.45, 2.75) is 31.2 Å². The molecule has 1 fully saturated rings. The van der Waals surface area contributed by atoms with E-state index in [1.807, 2.05) is 48.5 Å². The minimum absolute atomic E-state index is 0.0386. The number of benzene rings is 2. The predicted molar refractivity (Wildman–Crippen MR) is 115 cm³/mol. The summed E-state index contributed by atoms with van der Waals surface area (Å²) in [5.74, 6) is -2.78. The topological polar surface area (TPSA) is 95.9 Å². The molecular weight excluding hydrogens is 434 g/mol. The first-order valence-electron chi connectivity index (χ1n) is 10.8. The molecule has 33 heavy (non-hydrogen) atoms. The van der Waals surface area contributed by atoms with E-state index >= 15 is 0 Å². The van der Waals surface area contributed by atoms with Gasteiger partial charge in [0.05, 0.1) is 5.92 Å². The smallest absolute Gasteiger partial charge is 0.407 e. The number of likely N-dealkylation sites (tertiary alicyclic amines) is 1. The van der Waals surface area contributed by atoms with Crippen molar-refractivity contribution in [3.05, 3.63) is 59.7 Å². The van der Waals surface area contributed by atoms with Gasteiger partial charge < -0.3 is 20.1 Å². The molecule has 4 rings (SSSR count). The number of hydrogen-bond acceptors (Lipinski definition) is 4. The van der Waals surface area contributed by atoms with Crippen LogP contribution < -0.4 is 5.32 Å². The number of carbonyl (C=O) groups is 3. The van der Waals surface area contributed by atoms with E-state index in [2.05, 4.69) is 5.32 Å². The third kappa shape index (κ3) is 4.81. The fraction of sp³-hybridized carbons (Fsp3) is 0.375. The molecule has 1 heterocycles. The Balaban J connectivity index is 1.39. The Morgan fingerprint density at radius 3 is 2.15 bits per heavy atom. The zero-order chi connectivity index (χ0) is 23.5. The van der Waals surface area contributed by atoms with Gasteiger partial charge in [-0.25, -0.2) is 13.6 Å². The average Bonchev–Trinajstić information content (AvgIpc) is 3.07. The molecule has 1 unspecified atom stereocenters. The van der Waals surface area contributed by atoms with Crippen LogP contribution in [0.3, 0.4) is 0 Å². The van der Waals surface area contributed by atoms with Crippen LogP contribution in [-0.4, -0.2) is 60.1 Å². The van der Waals surface area contributed by atoms with Crippen molar-refractivity contribution in [2.75, 3.05) is 19.7 Å². The molecule has 0 saturated carbocycles. The van der Waals surface area contributed by atoms with E-state index in [-0.39, 0.29) is 38.5 Å². The molecule has 1 saturated heterocycles. The summed E-state index contributed by atoms with van der Waals surface area (Å²) in [5.41, 5.74) is 4.21. The van der Waals surface area contributed by atoms with Gasteiger partial charge in [-0.3, -0.25) is 9.59 Å². The zero-order valence-electron chi connectivity index (χ0n) is 17.7. The van der Waals surface area contributed by atoms with Gasteiger partial charge in [-0.05, 0) is 28.7 Å². The van der Waals surface area contributed by atoms with Crippen LogP contribution in [0.1, 0.15) is 29.9 Å². The first-order chi connectivity index (χ1) is 15.8.